The molecule has 0 spiro atoms. The Morgan fingerprint density at radius 3 is 2.90 bits per heavy atom. The molecule has 4 nitrogen and oxygen atoms in total. The third-order valence-electron chi connectivity index (χ3n) is 2.95. The predicted molar refractivity (Wildman–Crippen MR) is 78.9 cm³/mol. The molecule has 6 heteroatoms. The first kappa shape index (κ1) is 14.7. The Balaban J connectivity index is 1.98. The molecule has 2 aromatic rings. The topological polar surface area (TPSA) is 46.9 Å². The number of carbonyl (C=O) groups is 1. The number of benzene rings is 1. The molecule has 0 saturated heterocycles. The summed E-state index contributed by atoms with van der Waals surface area (Å²) in [5.74, 6) is -0.766. The number of nitrogens with zero attached hydrogens (tertiary/aromatic N) is 2. The Morgan fingerprint density at radius 2 is 2.30 bits per heavy atom. The van der Waals surface area contributed by atoms with Gasteiger partial charge >= 0.3 is 0 Å². The minimum absolute atomic E-state index is 0.167. The Kier molecular flexibility index (Phi) is 4.54. The first-order valence-electron chi connectivity index (χ1n) is 6.20. The standard InChI is InChI=1S/C14H15BrFN3O/c1-9-3-4-12(5-13(9)16)18-14(20)10(2)7-19-8-11(15)6-17-19/h3-6,8,10H,7H2,1-2H3,(H,18,20). The normalized spacial score (nSPS) is 12.2. The van der Waals surface area contributed by atoms with Crippen LogP contribution in [0.2, 0.25) is 0 Å². The molecular formula is C14H15BrFN3O. The third-order valence-corrected chi connectivity index (χ3v) is 3.36. The summed E-state index contributed by atoms with van der Waals surface area (Å²) in [6.07, 6.45) is 3.47. The van der Waals surface area contributed by atoms with E-state index in [9.17, 15) is 9.18 Å². The van der Waals surface area contributed by atoms with Crippen LogP contribution in [0, 0.1) is 18.7 Å². The van der Waals surface area contributed by atoms with Gasteiger partial charge in [-0.15, -0.1) is 0 Å². The highest BCUT2D eigenvalue weighted by Crippen LogP contribution is 2.15. The molecule has 1 N–H and O–H groups in total. The van der Waals surface area contributed by atoms with Crippen molar-refractivity contribution in [3.05, 3.63) is 46.4 Å². The lowest BCUT2D eigenvalue weighted by atomic mass is 10.1. The monoisotopic (exact) mass is 339 g/mol. The van der Waals surface area contributed by atoms with Crippen LogP contribution in [-0.2, 0) is 11.3 Å². The Hall–Kier alpha value is -1.69. The number of anilines is 1. The number of aryl methyl sites for hydroxylation is 1. The van der Waals surface area contributed by atoms with E-state index in [0.717, 1.165) is 4.47 Å². The predicted octanol–water partition coefficient (Wildman–Crippen LogP) is 3.37. The number of nitrogens with one attached hydrogen (secondary N) is 1. The zero-order valence-corrected chi connectivity index (χ0v) is 12.8. The summed E-state index contributed by atoms with van der Waals surface area (Å²) in [6, 6.07) is 4.65. The largest absolute Gasteiger partial charge is 0.326 e. The average molecular weight is 340 g/mol. The Bertz CT molecular complexity index is 627. The van der Waals surface area contributed by atoms with Gasteiger partial charge in [-0.05, 0) is 40.5 Å². The van der Waals surface area contributed by atoms with Crippen LogP contribution in [-0.4, -0.2) is 15.7 Å². The first-order valence-corrected chi connectivity index (χ1v) is 7.00. The van der Waals surface area contributed by atoms with Gasteiger partial charge in [0.25, 0.3) is 0 Å². The number of aromatic nitrogens is 2. The third kappa shape index (κ3) is 3.66. The molecule has 1 amide bonds. The van der Waals surface area contributed by atoms with E-state index in [2.05, 4.69) is 26.3 Å². The Labute approximate surface area is 125 Å². The second-order valence-electron chi connectivity index (χ2n) is 4.73. The summed E-state index contributed by atoms with van der Waals surface area (Å²) >= 11 is 3.30. The molecule has 0 aliphatic heterocycles. The highest BCUT2D eigenvalue weighted by Gasteiger charge is 2.14. The molecule has 0 aliphatic rings. The van der Waals surface area contributed by atoms with Gasteiger partial charge in [0.1, 0.15) is 5.82 Å². The molecule has 0 fully saturated rings. The molecule has 106 valence electrons. The fourth-order valence-corrected chi connectivity index (χ4v) is 2.07. The molecule has 1 aromatic heterocycles. The Morgan fingerprint density at radius 1 is 1.55 bits per heavy atom. The van der Waals surface area contributed by atoms with Crippen molar-refractivity contribution in [3.63, 3.8) is 0 Å². The van der Waals surface area contributed by atoms with E-state index in [4.69, 9.17) is 0 Å². The van der Waals surface area contributed by atoms with Crippen LogP contribution in [0.5, 0.6) is 0 Å². The molecule has 0 bridgehead atoms. The SMILES string of the molecule is Cc1ccc(NC(=O)C(C)Cn2cc(Br)cn2)cc1F. The maximum absolute atomic E-state index is 13.4. The lowest BCUT2D eigenvalue weighted by Gasteiger charge is -2.12. The number of carbonyl (C=O) groups excluding carboxylic acids is 1. The molecule has 1 heterocycles. The average Bonchev–Trinajstić information content (AvgIpc) is 2.79. The molecule has 20 heavy (non-hydrogen) atoms. The van der Waals surface area contributed by atoms with E-state index >= 15 is 0 Å². The minimum atomic E-state index is -0.327. The number of hydrogen-bond acceptors (Lipinski definition) is 2. The quantitative estimate of drug-likeness (QED) is 0.928. The maximum Gasteiger partial charge on any atom is 0.229 e. The van der Waals surface area contributed by atoms with Gasteiger partial charge in [0.05, 0.1) is 23.1 Å². The second kappa shape index (κ2) is 6.17. The number of halogens is 2. The number of rotatable bonds is 4. The van der Waals surface area contributed by atoms with Crippen molar-refractivity contribution in [2.45, 2.75) is 20.4 Å². The van der Waals surface area contributed by atoms with E-state index in [0.29, 0.717) is 17.8 Å². The van der Waals surface area contributed by atoms with Crippen molar-refractivity contribution in [3.8, 4) is 0 Å². The maximum atomic E-state index is 13.4. The zero-order chi connectivity index (χ0) is 14.7. The lowest BCUT2D eigenvalue weighted by Crippen LogP contribution is -2.24. The number of hydrogen-bond donors (Lipinski definition) is 1. The van der Waals surface area contributed by atoms with Gasteiger partial charge in [0.2, 0.25) is 5.91 Å². The zero-order valence-electron chi connectivity index (χ0n) is 11.2. The van der Waals surface area contributed by atoms with Gasteiger partial charge in [-0.25, -0.2) is 4.39 Å². The van der Waals surface area contributed by atoms with Crippen molar-refractivity contribution in [2.24, 2.45) is 5.92 Å². The van der Waals surface area contributed by atoms with Crippen LogP contribution < -0.4 is 5.32 Å². The molecule has 0 aliphatic carbocycles. The van der Waals surface area contributed by atoms with Crippen LogP contribution in [0.1, 0.15) is 12.5 Å². The molecule has 0 saturated carbocycles. The van der Waals surface area contributed by atoms with Crippen LogP contribution in [0.4, 0.5) is 10.1 Å². The molecular weight excluding hydrogens is 325 g/mol. The second-order valence-corrected chi connectivity index (χ2v) is 5.65. The molecule has 2 rings (SSSR count). The van der Waals surface area contributed by atoms with Crippen LogP contribution in [0.25, 0.3) is 0 Å². The summed E-state index contributed by atoms with van der Waals surface area (Å²) in [7, 11) is 0. The summed E-state index contributed by atoms with van der Waals surface area (Å²) in [6.45, 7) is 3.94. The van der Waals surface area contributed by atoms with Crippen molar-refractivity contribution in [2.75, 3.05) is 5.32 Å². The van der Waals surface area contributed by atoms with Crippen molar-refractivity contribution in [1.29, 1.82) is 0 Å². The molecule has 1 aromatic carbocycles. The fraction of sp³-hybridized carbons (Fsp3) is 0.286. The van der Waals surface area contributed by atoms with Crippen molar-refractivity contribution >= 4 is 27.5 Å². The van der Waals surface area contributed by atoms with Gasteiger partial charge in [0.15, 0.2) is 0 Å². The van der Waals surface area contributed by atoms with Gasteiger partial charge in [-0.2, -0.15) is 5.10 Å². The fourth-order valence-electron chi connectivity index (χ4n) is 1.74. The van der Waals surface area contributed by atoms with E-state index < -0.39 is 0 Å². The van der Waals surface area contributed by atoms with Crippen LogP contribution in [0.3, 0.4) is 0 Å². The number of amides is 1. The lowest BCUT2D eigenvalue weighted by molar-refractivity contribution is -0.119. The van der Waals surface area contributed by atoms with Crippen molar-refractivity contribution in [1.82, 2.24) is 9.78 Å². The summed E-state index contributed by atoms with van der Waals surface area (Å²) in [5, 5.41) is 6.81. The summed E-state index contributed by atoms with van der Waals surface area (Å²) in [5.41, 5.74) is 1.02. The van der Waals surface area contributed by atoms with Gasteiger partial charge < -0.3 is 5.32 Å². The highest BCUT2D eigenvalue weighted by molar-refractivity contribution is 9.10. The van der Waals surface area contributed by atoms with E-state index in [1.807, 2.05) is 0 Å². The van der Waals surface area contributed by atoms with E-state index in [-0.39, 0.29) is 17.6 Å². The van der Waals surface area contributed by atoms with E-state index in [1.54, 1.807) is 43.1 Å². The van der Waals surface area contributed by atoms with Crippen molar-refractivity contribution < 1.29 is 9.18 Å². The van der Waals surface area contributed by atoms with Crippen LogP contribution in [0.15, 0.2) is 35.1 Å². The summed E-state index contributed by atoms with van der Waals surface area (Å²) in [4.78, 5) is 12.0. The van der Waals surface area contributed by atoms with Gasteiger partial charge in [-0.1, -0.05) is 13.0 Å². The smallest absolute Gasteiger partial charge is 0.229 e. The first-order chi connectivity index (χ1) is 9.45. The van der Waals surface area contributed by atoms with Gasteiger partial charge in [-0.3, -0.25) is 9.48 Å². The van der Waals surface area contributed by atoms with E-state index in [1.165, 1.54) is 6.07 Å². The van der Waals surface area contributed by atoms with Crippen LogP contribution >= 0.6 is 15.9 Å². The van der Waals surface area contributed by atoms with Gasteiger partial charge in [0, 0.05) is 11.9 Å². The summed E-state index contributed by atoms with van der Waals surface area (Å²) < 4.78 is 16.0. The molecule has 1 atom stereocenters. The highest BCUT2D eigenvalue weighted by atomic mass is 79.9. The molecule has 1 unspecified atom stereocenters. The molecule has 0 radical (unpaired) electrons. The minimum Gasteiger partial charge on any atom is -0.326 e.